The van der Waals surface area contributed by atoms with Crippen molar-refractivity contribution in [2.75, 3.05) is 11.9 Å². The van der Waals surface area contributed by atoms with Crippen LogP contribution in [-0.2, 0) is 22.4 Å². The van der Waals surface area contributed by atoms with Crippen LogP contribution >= 0.6 is 11.3 Å². The molecule has 1 aromatic carbocycles. The first-order valence-corrected chi connectivity index (χ1v) is 10.3. The fourth-order valence-corrected chi connectivity index (χ4v) is 4.53. The number of benzene rings is 1. The first kappa shape index (κ1) is 19.4. The zero-order chi connectivity index (χ0) is 19.2. The lowest BCUT2D eigenvalue weighted by molar-refractivity contribution is -0.111. The van der Waals surface area contributed by atoms with E-state index in [-0.39, 0.29) is 11.9 Å². The van der Waals surface area contributed by atoms with Crippen LogP contribution in [0.1, 0.15) is 58.1 Å². The first-order valence-electron chi connectivity index (χ1n) is 9.46. The zero-order valence-electron chi connectivity index (χ0n) is 15.8. The lowest BCUT2D eigenvalue weighted by atomic mass is 10.1. The van der Waals surface area contributed by atoms with Gasteiger partial charge in [-0.25, -0.2) is 4.79 Å². The van der Waals surface area contributed by atoms with E-state index in [1.807, 2.05) is 31.2 Å². The van der Waals surface area contributed by atoms with Gasteiger partial charge in [-0.2, -0.15) is 0 Å². The molecule has 0 aliphatic heterocycles. The second kappa shape index (κ2) is 9.00. The highest BCUT2D eigenvalue weighted by atomic mass is 32.1. The molecule has 1 aromatic heterocycles. The van der Waals surface area contributed by atoms with Crippen LogP contribution in [-0.4, -0.2) is 18.5 Å². The molecule has 1 aliphatic carbocycles. The topological polar surface area (TPSA) is 55.4 Å². The van der Waals surface area contributed by atoms with Gasteiger partial charge in [-0.05, 0) is 56.7 Å². The van der Waals surface area contributed by atoms with Gasteiger partial charge in [0.25, 0.3) is 0 Å². The van der Waals surface area contributed by atoms with Gasteiger partial charge in [0.15, 0.2) is 0 Å². The van der Waals surface area contributed by atoms with Crippen LogP contribution in [0.25, 0.3) is 6.08 Å². The average Bonchev–Trinajstić information content (AvgIpc) is 2.82. The van der Waals surface area contributed by atoms with Gasteiger partial charge in [-0.3, -0.25) is 4.79 Å². The number of hydrogen-bond acceptors (Lipinski definition) is 4. The maximum atomic E-state index is 12.5. The summed E-state index contributed by atoms with van der Waals surface area (Å²) < 4.78 is 5.25. The number of amides is 1. The van der Waals surface area contributed by atoms with E-state index in [0.717, 1.165) is 36.8 Å². The molecular weight excluding hydrogens is 358 g/mol. The van der Waals surface area contributed by atoms with Crippen LogP contribution in [0.5, 0.6) is 0 Å². The first-order chi connectivity index (χ1) is 13.1. The van der Waals surface area contributed by atoms with Crippen LogP contribution < -0.4 is 5.32 Å². The molecule has 1 amide bonds. The van der Waals surface area contributed by atoms with Gasteiger partial charge in [-0.1, -0.05) is 36.2 Å². The third kappa shape index (κ3) is 4.86. The Hall–Kier alpha value is -2.40. The predicted octanol–water partition coefficient (Wildman–Crippen LogP) is 5.15. The number of carbonyl (C=O) groups excluding carboxylic acids is 2. The fraction of sp³-hybridized carbons (Fsp3) is 0.364. The van der Waals surface area contributed by atoms with Crippen molar-refractivity contribution in [1.29, 1.82) is 0 Å². The number of nitrogens with one attached hydrogen (secondary N) is 1. The van der Waals surface area contributed by atoms with Crippen LogP contribution in [0.4, 0.5) is 5.00 Å². The maximum absolute atomic E-state index is 12.5. The number of anilines is 1. The van der Waals surface area contributed by atoms with Crippen molar-refractivity contribution in [2.24, 2.45) is 0 Å². The Morgan fingerprint density at radius 3 is 2.63 bits per heavy atom. The molecule has 5 heteroatoms. The predicted molar refractivity (Wildman–Crippen MR) is 110 cm³/mol. The van der Waals surface area contributed by atoms with Gasteiger partial charge >= 0.3 is 5.97 Å². The minimum absolute atomic E-state index is 0.238. The highest BCUT2D eigenvalue weighted by molar-refractivity contribution is 7.17. The van der Waals surface area contributed by atoms with Crippen molar-refractivity contribution in [2.45, 2.75) is 46.0 Å². The Balaban J connectivity index is 1.81. The summed E-state index contributed by atoms with van der Waals surface area (Å²) >= 11 is 1.51. The molecule has 1 N–H and O–H groups in total. The van der Waals surface area contributed by atoms with Gasteiger partial charge in [-0.15, -0.1) is 11.3 Å². The van der Waals surface area contributed by atoms with E-state index < -0.39 is 0 Å². The summed E-state index contributed by atoms with van der Waals surface area (Å²) in [7, 11) is 0. The molecule has 0 saturated carbocycles. The SMILES string of the molecule is CCOC(=O)c1c(NC(=O)C=Cc2ccc(C)cc2)sc2c1CCCCC2. The quantitative estimate of drug-likeness (QED) is 0.441. The zero-order valence-corrected chi connectivity index (χ0v) is 16.7. The fourth-order valence-electron chi connectivity index (χ4n) is 3.25. The maximum Gasteiger partial charge on any atom is 0.341 e. The van der Waals surface area contributed by atoms with E-state index in [1.54, 1.807) is 13.0 Å². The summed E-state index contributed by atoms with van der Waals surface area (Å²) in [5.74, 6) is -0.577. The number of esters is 1. The minimum Gasteiger partial charge on any atom is -0.462 e. The average molecular weight is 384 g/mol. The molecule has 1 aliphatic rings. The molecule has 4 nitrogen and oxygen atoms in total. The molecule has 2 aromatic rings. The third-order valence-corrected chi connectivity index (χ3v) is 5.85. The standard InChI is InChI=1S/C22H25NO3S/c1-3-26-22(25)20-17-7-5-4-6-8-18(17)27-21(20)23-19(24)14-13-16-11-9-15(2)10-12-16/h9-14H,3-8H2,1-2H3,(H,23,24). The Kier molecular flexibility index (Phi) is 6.45. The van der Waals surface area contributed by atoms with E-state index in [9.17, 15) is 9.59 Å². The molecule has 142 valence electrons. The van der Waals surface area contributed by atoms with Gasteiger partial charge in [0.1, 0.15) is 5.00 Å². The number of rotatable bonds is 5. The van der Waals surface area contributed by atoms with E-state index >= 15 is 0 Å². The monoisotopic (exact) mass is 383 g/mol. The molecule has 3 rings (SSSR count). The normalized spacial score (nSPS) is 13.9. The van der Waals surface area contributed by atoms with E-state index in [0.29, 0.717) is 17.2 Å². The Morgan fingerprint density at radius 1 is 1.15 bits per heavy atom. The highest BCUT2D eigenvalue weighted by Gasteiger charge is 2.26. The van der Waals surface area contributed by atoms with E-state index in [1.165, 1.54) is 34.3 Å². The summed E-state index contributed by atoms with van der Waals surface area (Å²) in [6.45, 7) is 4.15. The Bertz CT molecular complexity index is 849. The minimum atomic E-state index is -0.338. The molecule has 0 spiro atoms. The van der Waals surface area contributed by atoms with E-state index in [2.05, 4.69) is 5.32 Å². The smallest absolute Gasteiger partial charge is 0.341 e. The molecule has 0 fully saturated rings. The van der Waals surface area contributed by atoms with Crippen molar-refractivity contribution in [3.63, 3.8) is 0 Å². The van der Waals surface area contributed by atoms with Gasteiger partial charge < -0.3 is 10.1 Å². The van der Waals surface area contributed by atoms with Gasteiger partial charge in [0.05, 0.1) is 12.2 Å². The van der Waals surface area contributed by atoms with Crippen LogP contribution in [0, 0.1) is 6.92 Å². The van der Waals surface area contributed by atoms with Crippen LogP contribution in [0.15, 0.2) is 30.3 Å². The summed E-state index contributed by atoms with van der Waals surface area (Å²) in [5, 5.41) is 3.51. The molecule has 0 saturated heterocycles. The second-order valence-electron chi connectivity index (χ2n) is 6.72. The molecule has 27 heavy (non-hydrogen) atoms. The van der Waals surface area contributed by atoms with Crippen molar-refractivity contribution in [1.82, 2.24) is 0 Å². The molecule has 0 unspecified atom stereocenters. The Morgan fingerprint density at radius 2 is 1.89 bits per heavy atom. The van der Waals surface area contributed by atoms with Gasteiger partial charge in [0.2, 0.25) is 5.91 Å². The van der Waals surface area contributed by atoms with E-state index in [4.69, 9.17) is 4.74 Å². The number of aryl methyl sites for hydroxylation is 2. The third-order valence-electron chi connectivity index (χ3n) is 4.64. The molecular formula is C22H25NO3S. The van der Waals surface area contributed by atoms with Crippen molar-refractivity contribution < 1.29 is 14.3 Å². The molecule has 0 bridgehead atoms. The lowest BCUT2D eigenvalue weighted by Crippen LogP contribution is -2.13. The van der Waals surface area contributed by atoms with Crippen molar-refractivity contribution >= 4 is 34.3 Å². The summed E-state index contributed by atoms with van der Waals surface area (Å²) in [4.78, 5) is 26.1. The number of carbonyl (C=O) groups is 2. The second-order valence-corrected chi connectivity index (χ2v) is 7.83. The summed E-state index contributed by atoms with van der Waals surface area (Å²) in [6, 6.07) is 7.95. The number of thiophene rings is 1. The van der Waals surface area contributed by atoms with Crippen molar-refractivity contribution in [3.8, 4) is 0 Å². The molecule has 0 atom stereocenters. The molecule has 1 heterocycles. The highest BCUT2D eigenvalue weighted by Crippen LogP contribution is 2.38. The lowest BCUT2D eigenvalue weighted by Gasteiger charge is -2.07. The number of ether oxygens (including phenoxy) is 1. The largest absolute Gasteiger partial charge is 0.462 e. The van der Waals surface area contributed by atoms with Crippen LogP contribution in [0.3, 0.4) is 0 Å². The van der Waals surface area contributed by atoms with Gasteiger partial charge in [0, 0.05) is 11.0 Å². The number of hydrogen-bond donors (Lipinski definition) is 1. The van der Waals surface area contributed by atoms with Crippen LogP contribution in [0.2, 0.25) is 0 Å². The summed E-state index contributed by atoms with van der Waals surface area (Å²) in [6.07, 6.45) is 8.47. The number of fused-ring (bicyclic) bond motifs is 1. The van der Waals surface area contributed by atoms with Crippen molar-refractivity contribution in [3.05, 3.63) is 57.5 Å². The molecule has 0 radical (unpaired) electrons. The Labute approximate surface area is 164 Å². The summed E-state index contributed by atoms with van der Waals surface area (Å²) in [5.41, 5.74) is 3.75.